The molecule has 0 spiro atoms. The molecule has 5 aromatic carbocycles. The molecule has 0 amide bonds. The van der Waals surface area contributed by atoms with E-state index in [9.17, 15) is 4.79 Å². The topological polar surface area (TPSA) is 67.9 Å². The van der Waals surface area contributed by atoms with Crippen molar-refractivity contribution < 1.29 is 14.4 Å². The molecule has 0 unspecified atom stereocenters. The monoisotopic (exact) mass is 591 g/mol. The van der Waals surface area contributed by atoms with Crippen molar-refractivity contribution in [2.75, 3.05) is 13.1 Å². The number of hydrogen-bond acceptors (Lipinski definition) is 6. The fourth-order valence-electron chi connectivity index (χ4n) is 5.92. The second kappa shape index (κ2) is 12.9. The van der Waals surface area contributed by atoms with E-state index in [1.807, 2.05) is 77.8 Å². The van der Waals surface area contributed by atoms with Gasteiger partial charge in [-0.15, -0.1) is 14.4 Å². The summed E-state index contributed by atoms with van der Waals surface area (Å²) in [6.45, 7) is 6.34. The van der Waals surface area contributed by atoms with Crippen molar-refractivity contribution in [3.05, 3.63) is 132 Å². The van der Waals surface area contributed by atoms with E-state index in [1.54, 1.807) is 0 Å². The highest BCUT2D eigenvalue weighted by atomic mass is 31.2. The molecule has 1 atom stereocenters. The average Bonchev–Trinajstić information content (AvgIpc) is 3.33. The van der Waals surface area contributed by atoms with Crippen molar-refractivity contribution in [1.29, 1.82) is 0 Å². The van der Waals surface area contributed by atoms with E-state index in [4.69, 9.17) is 4.74 Å². The smallest absolute Gasteiger partial charge is 0.327 e. The Hall–Kier alpha value is -3.64. The van der Waals surface area contributed by atoms with Crippen LogP contribution in [0.5, 0.6) is 0 Å². The Morgan fingerprint density at radius 1 is 0.744 bits per heavy atom. The quantitative estimate of drug-likeness (QED) is 0.144. The first-order valence-electron chi connectivity index (χ1n) is 14.9. The zero-order valence-electron chi connectivity index (χ0n) is 24.7. The summed E-state index contributed by atoms with van der Waals surface area (Å²) in [5, 5.41) is 7.99. The van der Waals surface area contributed by atoms with Crippen molar-refractivity contribution in [3.8, 4) is 0 Å². The molecule has 1 N–H and O–H groups in total. The summed E-state index contributed by atoms with van der Waals surface area (Å²) in [6, 6.07) is 38.0. The van der Waals surface area contributed by atoms with Gasteiger partial charge in [0.1, 0.15) is 12.6 Å². The van der Waals surface area contributed by atoms with E-state index >= 15 is 4.89 Å². The van der Waals surface area contributed by atoms with Crippen LogP contribution in [0.4, 0.5) is 0 Å². The highest BCUT2D eigenvalue weighted by molar-refractivity contribution is 7.62. The maximum Gasteiger partial charge on any atom is 0.327 e. The Labute approximate surface area is 254 Å². The molecule has 6 nitrogen and oxygen atoms in total. The van der Waals surface area contributed by atoms with Crippen molar-refractivity contribution in [2.24, 2.45) is 5.92 Å². The Kier molecular flexibility index (Phi) is 8.85. The van der Waals surface area contributed by atoms with Gasteiger partial charge in [0.05, 0.1) is 26.2 Å². The van der Waals surface area contributed by atoms with Gasteiger partial charge in [-0.3, -0.25) is 4.79 Å². The number of ether oxygens (including phenoxy) is 1. The van der Waals surface area contributed by atoms with Gasteiger partial charge in [0.15, 0.2) is 7.94 Å². The molecule has 5 aromatic rings. The van der Waals surface area contributed by atoms with Crippen molar-refractivity contribution >= 4 is 35.5 Å². The van der Waals surface area contributed by atoms with Crippen LogP contribution >= 0.6 is 7.94 Å². The first-order valence-corrected chi connectivity index (χ1v) is 16.6. The van der Waals surface area contributed by atoms with Gasteiger partial charge >= 0.3 is 5.97 Å². The van der Waals surface area contributed by atoms with Crippen LogP contribution < -0.4 is 9.98 Å². The minimum atomic E-state index is -3.42. The van der Waals surface area contributed by atoms with Crippen molar-refractivity contribution in [2.45, 2.75) is 39.6 Å². The first-order chi connectivity index (χ1) is 20.9. The maximum atomic E-state index is 15.4. The minimum Gasteiger partial charge on any atom is -0.636 e. The summed E-state index contributed by atoms with van der Waals surface area (Å²) < 4.78 is 9.85. The molecule has 1 aliphatic heterocycles. The van der Waals surface area contributed by atoms with E-state index in [2.05, 4.69) is 65.8 Å². The summed E-state index contributed by atoms with van der Waals surface area (Å²) in [5.74, 6) is -0.523. The Bertz CT molecular complexity index is 1610. The third-order valence-corrected chi connectivity index (χ3v) is 11.1. The van der Waals surface area contributed by atoms with Crippen LogP contribution in [0.2, 0.25) is 0 Å². The number of benzene rings is 5. The number of carbonyl (C=O) groups excluding carboxylic acids is 1. The number of rotatable bonds is 10. The molecule has 0 aromatic heterocycles. The van der Waals surface area contributed by atoms with Gasteiger partial charge in [0, 0.05) is 0 Å². The van der Waals surface area contributed by atoms with E-state index in [1.165, 1.54) is 0 Å². The average molecular weight is 592 g/mol. The molecule has 0 bridgehead atoms. The van der Waals surface area contributed by atoms with Gasteiger partial charge in [0.25, 0.3) is 0 Å². The molecule has 6 rings (SSSR count). The van der Waals surface area contributed by atoms with Gasteiger partial charge < -0.3 is 9.63 Å². The lowest BCUT2D eigenvalue weighted by molar-refractivity contribution is -0.196. The maximum absolute atomic E-state index is 15.4. The molecule has 43 heavy (non-hydrogen) atoms. The molecule has 1 saturated heterocycles. The van der Waals surface area contributed by atoms with Gasteiger partial charge in [-0.05, 0) is 44.2 Å². The lowest BCUT2D eigenvalue weighted by atomic mass is 10.0. The van der Waals surface area contributed by atoms with E-state index in [0.717, 1.165) is 38.2 Å². The van der Waals surface area contributed by atoms with Crippen molar-refractivity contribution in [3.63, 3.8) is 0 Å². The second-order valence-electron chi connectivity index (χ2n) is 11.5. The van der Waals surface area contributed by atoms with Crippen LogP contribution in [-0.2, 0) is 29.2 Å². The molecule has 7 heteroatoms. The standard InChI is InChI=1S/C36H38N3O3P/c1-27(2)35(36(40)42-26-28-12-4-3-5-13-28)37-43(41)38(24-31-18-10-16-29-14-6-8-20-33(29)31)22-23-39(43)25-32-19-11-17-30-15-7-9-21-34(30)32/h3-21,27,35H,22-26H2,1-2H3,(H,37,41)/t35-/m0/s1. The Balaban J connectivity index is 1.32. The number of nitrogens with one attached hydrogen (secondary N) is 1. The third kappa shape index (κ3) is 6.35. The largest absolute Gasteiger partial charge is 0.636 e. The molecular formula is C36H38N3O3P. The molecule has 0 radical (unpaired) electrons. The zero-order chi connectivity index (χ0) is 29.8. The molecule has 1 heterocycles. The number of nitrogens with zero attached hydrogens (tertiary/aromatic N) is 2. The molecule has 1 aliphatic rings. The normalized spacial score (nSPS) is 16.2. The fourth-order valence-corrected chi connectivity index (χ4v) is 8.78. The second-order valence-corrected chi connectivity index (χ2v) is 14.0. The van der Waals surface area contributed by atoms with Crippen LogP contribution in [0, 0.1) is 5.92 Å². The Morgan fingerprint density at radius 2 is 1.23 bits per heavy atom. The molecule has 0 saturated carbocycles. The summed E-state index contributed by atoms with van der Waals surface area (Å²) in [4.78, 5) is 28.9. The van der Waals surface area contributed by atoms with Crippen LogP contribution in [0.15, 0.2) is 115 Å². The fraction of sp³-hybridized carbons (Fsp3) is 0.250. The van der Waals surface area contributed by atoms with E-state index in [-0.39, 0.29) is 12.5 Å². The molecule has 220 valence electrons. The van der Waals surface area contributed by atoms with E-state index < -0.39 is 20.0 Å². The summed E-state index contributed by atoms with van der Waals surface area (Å²) in [5.41, 5.74) is 3.14. The summed E-state index contributed by atoms with van der Waals surface area (Å²) in [7, 11) is -3.42. The van der Waals surface area contributed by atoms with Gasteiger partial charge in [-0.2, -0.15) is 0 Å². The number of carbonyl (C=O) groups is 1. The lowest BCUT2D eigenvalue weighted by Gasteiger charge is -2.41. The summed E-state index contributed by atoms with van der Waals surface area (Å²) >= 11 is 0. The van der Waals surface area contributed by atoms with Crippen LogP contribution in [0.25, 0.3) is 21.5 Å². The number of hydrogen-bond donors (Lipinski definition) is 1. The van der Waals surface area contributed by atoms with Gasteiger partial charge in [-0.25, -0.2) is 0 Å². The van der Waals surface area contributed by atoms with Crippen LogP contribution in [0.1, 0.15) is 30.5 Å². The lowest BCUT2D eigenvalue weighted by Crippen LogP contribution is -2.51. The predicted octanol–water partition coefficient (Wildman–Crippen LogP) is 6.71. The number of fused-ring (bicyclic) bond motifs is 2. The SMILES string of the molecule is CC(C)[C@H](N[P+]1([O-])N(Cc2cccc3ccccc23)CCN1Cc1cccc2ccccc12)C(=O)OCc1ccccc1. The highest BCUT2D eigenvalue weighted by Crippen LogP contribution is 2.59. The zero-order valence-corrected chi connectivity index (χ0v) is 25.6. The molecular weight excluding hydrogens is 553 g/mol. The first kappa shape index (κ1) is 29.4. The van der Waals surface area contributed by atoms with Gasteiger partial charge in [-0.1, -0.05) is 129 Å². The predicted molar refractivity (Wildman–Crippen MR) is 174 cm³/mol. The van der Waals surface area contributed by atoms with Crippen molar-refractivity contribution in [1.82, 2.24) is 14.4 Å². The Morgan fingerprint density at radius 3 is 1.77 bits per heavy atom. The number of esters is 1. The molecule has 0 aliphatic carbocycles. The van der Waals surface area contributed by atoms with Gasteiger partial charge in [0.2, 0.25) is 0 Å². The van der Waals surface area contributed by atoms with Crippen LogP contribution in [-0.4, -0.2) is 34.4 Å². The minimum absolute atomic E-state index is 0.131. The highest BCUT2D eigenvalue weighted by Gasteiger charge is 2.50. The molecule has 1 fully saturated rings. The van der Waals surface area contributed by atoms with Crippen LogP contribution in [0.3, 0.4) is 0 Å². The van der Waals surface area contributed by atoms with E-state index in [0.29, 0.717) is 26.2 Å². The summed E-state index contributed by atoms with van der Waals surface area (Å²) in [6.07, 6.45) is 0. The third-order valence-electron chi connectivity index (χ3n) is 8.30.